The molecule has 1 atom stereocenters. The van der Waals surface area contributed by atoms with Crippen molar-refractivity contribution in [3.63, 3.8) is 0 Å². The summed E-state index contributed by atoms with van der Waals surface area (Å²) in [5.74, 6) is -1.29. The van der Waals surface area contributed by atoms with Gasteiger partial charge < -0.3 is 15.2 Å². The molecule has 0 fully saturated rings. The Labute approximate surface area is 151 Å². The molecule has 2 N–H and O–H groups in total. The van der Waals surface area contributed by atoms with E-state index in [9.17, 15) is 9.90 Å². The largest absolute Gasteiger partial charge is 0.490 e. The van der Waals surface area contributed by atoms with Crippen LogP contribution in [0.4, 0.5) is 11.4 Å². The Morgan fingerprint density at radius 1 is 1.48 bits per heavy atom. The van der Waals surface area contributed by atoms with Crippen molar-refractivity contribution in [2.45, 2.75) is 19.4 Å². The molecule has 1 amide bonds. The van der Waals surface area contributed by atoms with Crippen molar-refractivity contribution in [3.05, 3.63) is 64.9 Å². The third kappa shape index (κ3) is 4.57. The lowest BCUT2D eigenvalue weighted by atomic mass is 10.1. The molecule has 6 nitrogen and oxygen atoms in total. The molecule has 2 aromatic carbocycles. The van der Waals surface area contributed by atoms with Gasteiger partial charge in [0.2, 0.25) is 0 Å². The van der Waals surface area contributed by atoms with E-state index >= 15 is 0 Å². The van der Waals surface area contributed by atoms with Gasteiger partial charge in [-0.2, -0.15) is 5.26 Å². The van der Waals surface area contributed by atoms with Crippen LogP contribution in [0.25, 0.3) is 4.85 Å². The molecular formula is C19H17N3O3. The fourth-order valence-electron chi connectivity index (χ4n) is 1.83. The van der Waals surface area contributed by atoms with Gasteiger partial charge in [-0.15, -0.1) is 0 Å². The van der Waals surface area contributed by atoms with E-state index in [2.05, 4.69) is 10.2 Å². The van der Waals surface area contributed by atoms with Crippen LogP contribution in [0.3, 0.4) is 0 Å². The van der Waals surface area contributed by atoms with Gasteiger partial charge in [0.25, 0.3) is 5.91 Å². The zero-order valence-corrected chi connectivity index (χ0v) is 13.6. The molecule has 0 spiro atoms. The molecule has 126 valence electrons. The van der Waals surface area contributed by atoms with Gasteiger partial charge in [-0.3, -0.25) is 4.79 Å². The molecule has 0 aliphatic rings. The first-order valence-electron chi connectivity index (χ1n) is 9.18. The van der Waals surface area contributed by atoms with Crippen LogP contribution in [0.2, 0.25) is 0 Å². The molecule has 0 aromatic heterocycles. The van der Waals surface area contributed by atoms with E-state index in [1.807, 2.05) is 0 Å². The molecule has 0 aliphatic heterocycles. The van der Waals surface area contributed by atoms with Crippen LogP contribution in [-0.4, -0.2) is 23.2 Å². The maximum Gasteiger partial charge on any atom is 0.259 e. The minimum absolute atomic E-state index is 0.364. The number of carbonyl (C=O) groups excluding carboxylic acids is 1. The van der Waals surface area contributed by atoms with Crippen LogP contribution >= 0.6 is 0 Å². The van der Waals surface area contributed by atoms with Crippen molar-refractivity contribution in [2.24, 2.45) is 0 Å². The number of nitrogens with zero attached hydrogens (tertiary/aromatic N) is 2. The highest BCUT2D eigenvalue weighted by molar-refractivity contribution is 5.97. The van der Waals surface area contributed by atoms with Crippen LogP contribution in [0, 0.1) is 24.8 Å². The second kappa shape index (κ2) is 7.48. The van der Waals surface area contributed by atoms with Crippen molar-refractivity contribution in [3.8, 4) is 11.8 Å². The van der Waals surface area contributed by atoms with Gasteiger partial charge in [0.15, 0.2) is 11.3 Å². The number of aliphatic hydroxyl groups is 1. The minimum Gasteiger partial charge on any atom is -0.490 e. The summed E-state index contributed by atoms with van der Waals surface area (Å²) in [6.45, 7) is 9.25. The molecule has 0 unspecified atom stereocenters. The van der Waals surface area contributed by atoms with E-state index in [4.69, 9.17) is 22.1 Å². The topological polar surface area (TPSA) is 86.7 Å². The molecule has 6 heteroatoms. The van der Waals surface area contributed by atoms with Gasteiger partial charge in [0.1, 0.15) is 12.4 Å². The quantitative estimate of drug-likeness (QED) is 0.819. The Morgan fingerprint density at radius 3 is 2.72 bits per heavy atom. The summed E-state index contributed by atoms with van der Waals surface area (Å²) in [6, 6.07) is 3.93. The van der Waals surface area contributed by atoms with E-state index in [-0.39, 0.29) is 0 Å². The molecule has 2 aromatic rings. The van der Waals surface area contributed by atoms with E-state index in [1.54, 1.807) is 19.1 Å². The summed E-state index contributed by atoms with van der Waals surface area (Å²) in [7, 11) is 0. The second-order valence-electron chi connectivity index (χ2n) is 5.45. The SMILES string of the molecule is [2H]c1c([2H])c(OC[C@](C)(O)C(=O)Nc2ccc([N+]#[C-])c(C)c2)c([2H])c([2H])c1C#N. The number of hydrogen-bond donors (Lipinski definition) is 2. The molecule has 0 heterocycles. The number of aryl methyl sites for hydroxylation is 1. The van der Waals surface area contributed by atoms with E-state index in [0.29, 0.717) is 16.9 Å². The standard InChI is InChI=1S/C19H17N3O3/c1-13-10-15(6-9-17(13)21-3)22-18(23)19(2,24)12-25-16-7-4-14(11-20)5-8-16/h4-10,24H,12H2,1-2H3,(H,22,23)/t19-/m0/s1/i4D,5D,7D,8D. The highest BCUT2D eigenvalue weighted by atomic mass is 16.5. The summed E-state index contributed by atoms with van der Waals surface area (Å²) in [5.41, 5.74) is -1.04. The average molecular weight is 339 g/mol. The predicted octanol–water partition coefficient (Wildman–Crippen LogP) is 3.19. The summed E-state index contributed by atoms with van der Waals surface area (Å²) >= 11 is 0. The predicted molar refractivity (Wildman–Crippen MR) is 93.3 cm³/mol. The fourth-order valence-corrected chi connectivity index (χ4v) is 1.83. The van der Waals surface area contributed by atoms with Crippen molar-refractivity contribution >= 4 is 17.3 Å². The number of ether oxygens (including phenoxy) is 1. The van der Waals surface area contributed by atoms with Gasteiger partial charge in [-0.25, -0.2) is 4.85 Å². The second-order valence-corrected chi connectivity index (χ2v) is 5.45. The number of amides is 1. The Balaban J connectivity index is 2.20. The third-order valence-electron chi connectivity index (χ3n) is 3.28. The maximum absolute atomic E-state index is 12.4. The van der Waals surface area contributed by atoms with Crippen molar-refractivity contribution in [1.82, 2.24) is 0 Å². The summed E-state index contributed by atoms with van der Waals surface area (Å²) < 4.78 is 36.4. The molecule has 0 bridgehead atoms. The Bertz CT molecular complexity index is 1040. The van der Waals surface area contributed by atoms with Gasteiger partial charge in [-0.05, 0) is 55.7 Å². The van der Waals surface area contributed by atoms with E-state index in [1.165, 1.54) is 19.1 Å². The van der Waals surface area contributed by atoms with Crippen LogP contribution in [-0.2, 0) is 4.79 Å². The number of nitrogens with one attached hydrogen (secondary N) is 1. The van der Waals surface area contributed by atoms with Gasteiger partial charge in [-0.1, -0.05) is 6.07 Å². The molecule has 2 rings (SSSR count). The first-order chi connectivity index (χ1) is 13.5. The summed E-state index contributed by atoms with van der Waals surface area (Å²) in [5, 5.41) is 21.9. The highest BCUT2D eigenvalue weighted by Crippen LogP contribution is 2.23. The van der Waals surface area contributed by atoms with Crippen LogP contribution in [0.5, 0.6) is 5.75 Å². The molecule has 0 saturated heterocycles. The Kier molecular flexibility index (Phi) is 3.89. The lowest BCUT2D eigenvalue weighted by Crippen LogP contribution is -2.45. The number of rotatable bonds is 5. The van der Waals surface area contributed by atoms with Crippen LogP contribution < -0.4 is 10.1 Å². The van der Waals surface area contributed by atoms with E-state index in [0.717, 1.165) is 0 Å². The Morgan fingerprint density at radius 2 is 2.16 bits per heavy atom. The fraction of sp³-hybridized carbons (Fsp3) is 0.211. The number of anilines is 1. The molecule has 0 radical (unpaired) electrons. The number of benzene rings is 2. The minimum atomic E-state index is -2.07. The number of carbonyl (C=O) groups is 1. The first kappa shape index (κ1) is 13.0. The number of hydrogen-bond acceptors (Lipinski definition) is 4. The zero-order valence-electron chi connectivity index (χ0n) is 17.6. The molecular weight excluding hydrogens is 318 g/mol. The van der Waals surface area contributed by atoms with Gasteiger partial charge >= 0.3 is 0 Å². The van der Waals surface area contributed by atoms with Crippen molar-refractivity contribution in [2.75, 3.05) is 11.9 Å². The molecule has 0 saturated carbocycles. The third-order valence-corrected chi connectivity index (χ3v) is 3.28. The lowest BCUT2D eigenvalue weighted by Gasteiger charge is -2.22. The van der Waals surface area contributed by atoms with Gasteiger partial charge in [0.05, 0.1) is 23.7 Å². The highest BCUT2D eigenvalue weighted by Gasteiger charge is 2.31. The first-order valence-corrected chi connectivity index (χ1v) is 7.18. The van der Waals surface area contributed by atoms with Crippen LogP contribution in [0.1, 0.15) is 23.5 Å². The average Bonchev–Trinajstić information content (AvgIpc) is 2.67. The van der Waals surface area contributed by atoms with Crippen molar-refractivity contribution in [1.29, 1.82) is 5.26 Å². The number of nitriles is 1. The molecule has 25 heavy (non-hydrogen) atoms. The van der Waals surface area contributed by atoms with Gasteiger partial charge in [0, 0.05) is 5.69 Å². The monoisotopic (exact) mass is 339 g/mol. The van der Waals surface area contributed by atoms with Crippen molar-refractivity contribution < 1.29 is 20.1 Å². The lowest BCUT2D eigenvalue weighted by molar-refractivity contribution is -0.135. The van der Waals surface area contributed by atoms with E-state index < -0.39 is 53.6 Å². The zero-order chi connectivity index (χ0) is 21.9. The maximum atomic E-state index is 12.4. The summed E-state index contributed by atoms with van der Waals surface area (Å²) in [6.07, 6.45) is 0. The molecule has 0 aliphatic carbocycles. The van der Waals surface area contributed by atoms with Crippen LogP contribution in [0.15, 0.2) is 42.4 Å². The summed E-state index contributed by atoms with van der Waals surface area (Å²) in [4.78, 5) is 15.7. The smallest absolute Gasteiger partial charge is 0.259 e. The normalized spacial score (nSPS) is 14.6. The Hall–Kier alpha value is -3.35.